The standard InChI is InChI=1S/C19H23F3O5/c20-19(21,22)11-2-1-3-13(8-11)26-10-12(23)4-5-14-15-6-7-18(25)27-17(15)9-16(14)24/h1-5,8,12,14-18,23-25H,6-7,9-10H2/t12?,14-,15-,16?,17?,18?/m1/s1. The summed E-state index contributed by atoms with van der Waals surface area (Å²) in [6.45, 7) is -0.204. The highest BCUT2D eigenvalue weighted by Crippen LogP contribution is 2.42. The van der Waals surface area contributed by atoms with E-state index in [9.17, 15) is 28.5 Å². The van der Waals surface area contributed by atoms with E-state index in [0.717, 1.165) is 12.1 Å². The molecule has 5 nitrogen and oxygen atoms in total. The first kappa shape index (κ1) is 20.1. The zero-order chi connectivity index (χ0) is 19.6. The average molecular weight is 388 g/mol. The molecule has 0 bridgehead atoms. The van der Waals surface area contributed by atoms with E-state index in [2.05, 4.69) is 0 Å². The summed E-state index contributed by atoms with van der Waals surface area (Å²) in [6, 6.07) is 4.46. The third-order valence-electron chi connectivity index (χ3n) is 5.11. The Morgan fingerprint density at radius 1 is 1.26 bits per heavy atom. The van der Waals surface area contributed by atoms with Crippen molar-refractivity contribution in [2.45, 2.75) is 50.0 Å². The Balaban J connectivity index is 1.54. The van der Waals surface area contributed by atoms with Gasteiger partial charge in [0.25, 0.3) is 0 Å². The largest absolute Gasteiger partial charge is 0.491 e. The van der Waals surface area contributed by atoms with Gasteiger partial charge in [0.1, 0.15) is 18.5 Å². The van der Waals surface area contributed by atoms with E-state index in [0.29, 0.717) is 19.3 Å². The SMILES string of the molecule is OC(C=C[C@H]1C(O)CC2OC(O)CC[C@@H]21)COc1cccc(C(F)(F)F)c1. The minimum absolute atomic E-state index is 0.0212. The van der Waals surface area contributed by atoms with E-state index in [1.807, 2.05) is 0 Å². The molecule has 0 aromatic heterocycles. The van der Waals surface area contributed by atoms with Crippen molar-refractivity contribution in [3.05, 3.63) is 42.0 Å². The van der Waals surface area contributed by atoms with Gasteiger partial charge < -0.3 is 24.8 Å². The van der Waals surface area contributed by atoms with Gasteiger partial charge in [-0.3, -0.25) is 0 Å². The highest BCUT2D eigenvalue weighted by Gasteiger charge is 2.44. The van der Waals surface area contributed by atoms with Crippen LogP contribution >= 0.6 is 0 Å². The van der Waals surface area contributed by atoms with Crippen LogP contribution in [0.1, 0.15) is 24.8 Å². The molecule has 1 aliphatic carbocycles. The maximum Gasteiger partial charge on any atom is 0.416 e. The van der Waals surface area contributed by atoms with Crippen LogP contribution < -0.4 is 4.74 Å². The quantitative estimate of drug-likeness (QED) is 0.676. The lowest BCUT2D eigenvalue weighted by Gasteiger charge is -2.31. The Kier molecular flexibility index (Phi) is 6.10. The van der Waals surface area contributed by atoms with Crippen LogP contribution in [0.2, 0.25) is 0 Å². The first-order valence-corrected chi connectivity index (χ1v) is 8.92. The van der Waals surface area contributed by atoms with Crippen molar-refractivity contribution in [1.82, 2.24) is 0 Å². The molecular weight excluding hydrogens is 365 g/mol. The lowest BCUT2D eigenvalue weighted by molar-refractivity contribution is -0.177. The van der Waals surface area contributed by atoms with Crippen molar-refractivity contribution in [2.24, 2.45) is 11.8 Å². The van der Waals surface area contributed by atoms with Crippen LogP contribution in [0, 0.1) is 11.8 Å². The Morgan fingerprint density at radius 2 is 2.04 bits per heavy atom. The number of hydrogen-bond acceptors (Lipinski definition) is 5. The molecule has 1 saturated heterocycles. The van der Waals surface area contributed by atoms with Crippen LogP contribution in [0.15, 0.2) is 36.4 Å². The topological polar surface area (TPSA) is 79.2 Å². The highest BCUT2D eigenvalue weighted by atomic mass is 19.4. The Hall–Kier alpha value is -1.61. The smallest absolute Gasteiger partial charge is 0.416 e. The van der Waals surface area contributed by atoms with Crippen LogP contribution in [0.4, 0.5) is 13.2 Å². The molecule has 1 aromatic carbocycles. The Morgan fingerprint density at radius 3 is 2.78 bits per heavy atom. The number of benzene rings is 1. The summed E-state index contributed by atoms with van der Waals surface area (Å²) in [5.74, 6) is -0.116. The molecule has 0 spiro atoms. The Bertz CT molecular complexity index is 663. The van der Waals surface area contributed by atoms with Crippen molar-refractivity contribution >= 4 is 0 Å². The number of rotatable bonds is 5. The monoisotopic (exact) mass is 388 g/mol. The summed E-state index contributed by atoms with van der Waals surface area (Å²) in [5, 5.41) is 29.8. The van der Waals surface area contributed by atoms with Crippen molar-refractivity contribution in [2.75, 3.05) is 6.61 Å². The second-order valence-electron chi connectivity index (χ2n) is 7.04. The third-order valence-corrected chi connectivity index (χ3v) is 5.11. The van der Waals surface area contributed by atoms with Crippen molar-refractivity contribution in [3.8, 4) is 5.75 Å². The molecule has 0 radical (unpaired) electrons. The van der Waals surface area contributed by atoms with E-state index in [1.54, 1.807) is 6.08 Å². The number of fused-ring (bicyclic) bond motifs is 1. The maximum atomic E-state index is 12.7. The molecule has 1 saturated carbocycles. The number of halogens is 3. The summed E-state index contributed by atoms with van der Waals surface area (Å²) in [4.78, 5) is 0. The number of aliphatic hydroxyl groups is 3. The molecule has 3 rings (SSSR count). The van der Waals surface area contributed by atoms with E-state index in [4.69, 9.17) is 9.47 Å². The fourth-order valence-corrected chi connectivity index (χ4v) is 3.77. The molecule has 1 heterocycles. The van der Waals surface area contributed by atoms with E-state index < -0.39 is 30.2 Å². The minimum atomic E-state index is -4.46. The van der Waals surface area contributed by atoms with E-state index >= 15 is 0 Å². The van der Waals surface area contributed by atoms with E-state index in [1.165, 1.54) is 18.2 Å². The first-order chi connectivity index (χ1) is 12.7. The minimum Gasteiger partial charge on any atom is -0.491 e. The average Bonchev–Trinajstić information content (AvgIpc) is 2.92. The molecule has 27 heavy (non-hydrogen) atoms. The van der Waals surface area contributed by atoms with Crippen molar-refractivity contribution in [1.29, 1.82) is 0 Å². The fraction of sp³-hybridized carbons (Fsp3) is 0.579. The van der Waals surface area contributed by atoms with Gasteiger partial charge in [-0.05, 0) is 37.0 Å². The number of hydrogen-bond donors (Lipinski definition) is 3. The lowest BCUT2D eigenvalue weighted by atomic mass is 9.87. The van der Waals surface area contributed by atoms with Gasteiger partial charge in [-0.15, -0.1) is 0 Å². The van der Waals surface area contributed by atoms with Gasteiger partial charge >= 0.3 is 6.18 Å². The molecule has 150 valence electrons. The number of ether oxygens (including phenoxy) is 2. The summed E-state index contributed by atoms with van der Waals surface area (Å²) < 4.78 is 48.8. The predicted octanol–water partition coefficient (Wildman–Crippen LogP) is 2.50. The number of alkyl halides is 3. The van der Waals surface area contributed by atoms with Crippen LogP contribution in [0.3, 0.4) is 0 Å². The van der Waals surface area contributed by atoms with Crippen LogP contribution in [0.25, 0.3) is 0 Å². The molecule has 2 fully saturated rings. The molecule has 6 atom stereocenters. The summed E-state index contributed by atoms with van der Waals surface area (Å²) in [7, 11) is 0. The molecule has 4 unspecified atom stereocenters. The first-order valence-electron chi connectivity index (χ1n) is 8.92. The second kappa shape index (κ2) is 8.18. The van der Waals surface area contributed by atoms with Gasteiger partial charge in [-0.1, -0.05) is 18.2 Å². The molecular formula is C19H23F3O5. The molecule has 8 heteroatoms. The van der Waals surface area contributed by atoms with Gasteiger partial charge in [0, 0.05) is 12.3 Å². The summed E-state index contributed by atoms with van der Waals surface area (Å²) >= 11 is 0. The second-order valence-corrected chi connectivity index (χ2v) is 7.04. The molecule has 1 aromatic rings. The highest BCUT2D eigenvalue weighted by molar-refractivity contribution is 5.30. The Labute approximate surface area is 155 Å². The molecule has 0 amide bonds. The van der Waals surface area contributed by atoms with Crippen molar-refractivity contribution in [3.63, 3.8) is 0 Å². The molecule has 1 aliphatic heterocycles. The van der Waals surface area contributed by atoms with E-state index in [-0.39, 0.29) is 30.3 Å². The fourth-order valence-electron chi connectivity index (χ4n) is 3.77. The summed E-state index contributed by atoms with van der Waals surface area (Å²) in [5.41, 5.74) is -0.815. The summed E-state index contributed by atoms with van der Waals surface area (Å²) in [6.07, 6.45) is -2.29. The van der Waals surface area contributed by atoms with Gasteiger partial charge in [0.15, 0.2) is 6.29 Å². The van der Waals surface area contributed by atoms with Crippen LogP contribution in [0.5, 0.6) is 5.75 Å². The zero-order valence-electron chi connectivity index (χ0n) is 14.5. The normalized spacial score (nSPS) is 32.4. The molecule has 2 aliphatic rings. The van der Waals surface area contributed by atoms with Gasteiger partial charge in [-0.2, -0.15) is 13.2 Å². The number of aliphatic hydroxyl groups excluding tert-OH is 3. The van der Waals surface area contributed by atoms with Crippen LogP contribution in [-0.4, -0.2) is 46.5 Å². The zero-order valence-corrected chi connectivity index (χ0v) is 14.5. The maximum absolute atomic E-state index is 12.7. The third kappa shape index (κ3) is 5.01. The lowest BCUT2D eigenvalue weighted by Crippen LogP contribution is -2.33. The van der Waals surface area contributed by atoms with Gasteiger partial charge in [0.2, 0.25) is 0 Å². The van der Waals surface area contributed by atoms with Gasteiger partial charge in [-0.25, -0.2) is 0 Å². The predicted molar refractivity (Wildman–Crippen MR) is 89.8 cm³/mol. The van der Waals surface area contributed by atoms with Crippen LogP contribution in [-0.2, 0) is 10.9 Å². The molecule has 3 N–H and O–H groups in total. The van der Waals surface area contributed by atoms with Crippen molar-refractivity contribution < 1.29 is 38.0 Å². The van der Waals surface area contributed by atoms with Gasteiger partial charge in [0.05, 0.1) is 17.8 Å².